The number of nitrogens with zero attached hydrogens (tertiary/aromatic N) is 3. The lowest BCUT2D eigenvalue weighted by molar-refractivity contribution is 0.284. The third kappa shape index (κ3) is 3.42. The minimum absolute atomic E-state index is 0.260. The summed E-state index contributed by atoms with van der Waals surface area (Å²) in [5.74, 6) is 1.79. The quantitative estimate of drug-likeness (QED) is 0.767. The number of aryl methyl sites for hydroxylation is 1. The molecule has 0 atom stereocenters. The Labute approximate surface area is 104 Å². The highest BCUT2D eigenvalue weighted by Gasteiger charge is 2.06. The molecule has 5 nitrogen and oxygen atoms in total. The maximum Gasteiger partial charge on any atom is 0.226 e. The van der Waals surface area contributed by atoms with E-state index in [9.17, 15) is 0 Å². The molecule has 0 unspecified atom stereocenters. The van der Waals surface area contributed by atoms with Crippen molar-refractivity contribution in [2.24, 2.45) is 0 Å². The molecular formula is C11H12ClN3O2. The van der Waals surface area contributed by atoms with Gasteiger partial charge in [-0.05, 0) is 18.6 Å². The normalized spacial score (nSPS) is 10.5. The van der Waals surface area contributed by atoms with Gasteiger partial charge in [-0.2, -0.15) is 4.98 Å². The summed E-state index contributed by atoms with van der Waals surface area (Å²) in [6.07, 6.45) is 3.31. The van der Waals surface area contributed by atoms with E-state index in [0.717, 1.165) is 12.8 Å². The van der Waals surface area contributed by atoms with E-state index in [0.29, 0.717) is 22.6 Å². The van der Waals surface area contributed by atoms with Gasteiger partial charge in [0.05, 0.1) is 6.20 Å². The Morgan fingerprint density at radius 1 is 1.41 bits per heavy atom. The van der Waals surface area contributed by atoms with E-state index in [1.54, 1.807) is 18.3 Å². The fraction of sp³-hybridized carbons (Fsp3) is 0.364. The first-order valence-electron chi connectivity index (χ1n) is 5.33. The maximum atomic E-state index is 5.66. The van der Waals surface area contributed by atoms with Crippen molar-refractivity contribution < 1.29 is 9.26 Å². The van der Waals surface area contributed by atoms with Crippen LogP contribution in [0.5, 0.6) is 5.75 Å². The average Bonchev–Trinajstić information content (AvgIpc) is 2.77. The second kappa shape index (κ2) is 5.63. The van der Waals surface area contributed by atoms with Crippen LogP contribution in [-0.4, -0.2) is 15.1 Å². The van der Waals surface area contributed by atoms with Crippen LogP contribution < -0.4 is 4.74 Å². The Morgan fingerprint density at radius 2 is 2.29 bits per heavy atom. The van der Waals surface area contributed by atoms with Crippen LogP contribution in [0.3, 0.4) is 0 Å². The van der Waals surface area contributed by atoms with Crippen LogP contribution in [0.4, 0.5) is 0 Å². The summed E-state index contributed by atoms with van der Waals surface area (Å²) in [5.41, 5.74) is 0. The maximum absolute atomic E-state index is 5.66. The molecular weight excluding hydrogens is 242 g/mol. The van der Waals surface area contributed by atoms with E-state index in [2.05, 4.69) is 22.0 Å². The summed E-state index contributed by atoms with van der Waals surface area (Å²) in [6, 6.07) is 3.40. The van der Waals surface area contributed by atoms with Crippen LogP contribution in [0.25, 0.3) is 0 Å². The van der Waals surface area contributed by atoms with Crippen molar-refractivity contribution in [1.82, 2.24) is 15.1 Å². The van der Waals surface area contributed by atoms with E-state index >= 15 is 0 Å². The first-order valence-corrected chi connectivity index (χ1v) is 5.71. The summed E-state index contributed by atoms with van der Waals surface area (Å²) in [4.78, 5) is 8.09. The predicted molar refractivity (Wildman–Crippen MR) is 61.9 cm³/mol. The minimum atomic E-state index is 0.260. The fourth-order valence-corrected chi connectivity index (χ4v) is 1.37. The van der Waals surface area contributed by atoms with Crippen molar-refractivity contribution in [1.29, 1.82) is 0 Å². The minimum Gasteiger partial charge on any atom is -0.484 e. The molecule has 0 saturated heterocycles. The third-order valence-corrected chi connectivity index (χ3v) is 2.27. The molecule has 0 amide bonds. The van der Waals surface area contributed by atoms with Gasteiger partial charge in [0.15, 0.2) is 6.61 Å². The summed E-state index contributed by atoms with van der Waals surface area (Å²) >= 11 is 5.66. The van der Waals surface area contributed by atoms with Crippen molar-refractivity contribution in [2.45, 2.75) is 26.4 Å². The largest absolute Gasteiger partial charge is 0.484 e. The lowest BCUT2D eigenvalue weighted by Gasteiger charge is -2.01. The highest BCUT2D eigenvalue weighted by Crippen LogP contribution is 2.13. The van der Waals surface area contributed by atoms with Gasteiger partial charge < -0.3 is 9.26 Å². The first kappa shape index (κ1) is 11.9. The highest BCUT2D eigenvalue weighted by atomic mass is 35.5. The molecule has 0 spiro atoms. The molecule has 0 fully saturated rings. The molecule has 17 heavy (non-hydrogen) atoms. The van der Waals surface area contributed by atoms with Gasteiger partial charge >= 0.3 is 0 Å². The van der Waals surface area contributed by atoms with Gasteiger partial charge in [0.1, 0.15) is 10.9 Å². The van der Waals surface area contributed by atoms with Gasteiger partial charge in [0.2, 0.25) is 11.7 Å². The lowest BCUT2D eigenvalue weighted by Crippen LogP contribution is -1.98. The molecule has 2 aromatic heterocycles. The Bertz CT molecular complexity index is 470. The van der Waals surface area contributed by atoms with Crippen molar-refractivity contribution in [3.8, 4) is 5.75 Å². The summed E-state index contributed by atoms with van der Waals surface area (Å²) < 4.78 is 10.5. The van der Waals surface area contributed by atoms with E-state index in [1.807, 2.05) is 0 Å². The van der Waals surface area contributed by atoms with Gasteiger partial charge in [-0.3, -0.25) is 0 Å². The van der Waals surface area contributed by atoms with Crippen LogP contribution >= 0.6 is 11.6 Å². The topological polar surface area (TPSA) is 61.0 Å². The van der Waals surface area contributed by atoms with Crippen molar-refractivity contribution in [3.63, 3.8) is 0 Å². The standard InChI is InChI=1S/C11H12ClN3O2/c1-2-3-11-14-10(15-17-11)7-16-8-4-5-9(12)13-6-8/h4-6H,2-3,7H2,1H3. The summed E-state index contributed by atoms with van der Waals surface area (Å²) in [6.45, 7) is 2.32. The lowest BCUT2D eigenvalue weighted by atomic mass is 10.3. The van der Waals surface area contributed by atoms with Crippen molar-refractivity contribution in [2.75, 3.05) is 0 Å². The average molecular weight is 254 g/mol. The van der Waals surface area contributed by atoms with Crippen LogP contribution in [0.2, 0.25) is 5.15 Å². The molecule has 90 valence electrons. The number of pyridine rings is 1. The van der Waals surface area contributed by atoms with E-state index in [4.69, 9.17) is 20.9 Å². The SMILES string of the molecule is CCCc1nc(COc2ccc(Cl)nc2)no1. The molecule has 0 aliphatic rings. The fourth-order valence-electron chi connectivity index (χ4n) is 1.26. The molecule has 0 aliphatic carbocycles. The van der Waals surface area contributed by atoms with E-state index < -0.39 is 0 Å². The number of halogens is 1. The van der Waals surface area contributed by atoms with Crippen LogP contribution in [-0.2, 0) is 13.0 Å². The molecule has 2 heterocycles. The zero-order valence-corrected chi connectivity index (χ0v) is 10.1. The van der Waals surface area contributed by atoms with E-state index in [-0.39, 0.29) is 6.61 Å². The van der Waals surface area contributed by atoms with Crippen molar-refractivity contribution in [3.05, 3.63) is 35.2 Å². The molecule has 0 bridgehead atoms. The molecule has 2 rings (SSSR count). The van der Waals surface area contributed by atoms with Gasteiger partial charge in [0.25, 0.3) is 0 Å². The molecule has 0 N–H and O–H groups in total. The van der Waals surface area contributed by atoms with Gasteiger partial charge in [0, 0.05) is 6.42 Å². The number of hydrogen-bond donors (Lipinski definition) is 0. The third-order valence-electron chi connectivity index (χ3n) is 2.04. The molecule has 0 saturated carbocycles. The van der Waals surface area contributed by atoms with Crippen LogP contribution in [0, 0.1) is 0 Å². The smallest absolute Gasteiger partial charge is 0.226 e. The number of rotatable bonds is 5. The number of hydrogen-bond acceptors (Lipinski definition) is 5. The Morgan fingerprint density at radius 3 is 3.00 bits per heavy atom. The molecule has 0 radical (unpaired) electrons. The zero-order valence-electron chi connectivity index (χ0n) is 9.39. The predicted octanol–water partition coefficient (Wildman–Crippen LogP) is 2.65. The van der Waals surface area contributed by atoms with Crippen LogP contribution in [0.15, 0.2) is 22.9 Å². The Balaban J connectivity index is 1.90. The second-order valence-electron chi connectivity index (χ2n) is 3.46. The second-order valence-corrected chi connectivity index (χ2v) is 3.85. The summed E-state index contributed by atoms with van der Waals surface area (Å²) in [7, 11) is 0. The molecule has 2 aromatic rings. The van der Waals surface area contributed by atoms with E-state index in [1.165, 1.54) is 0 Å². The van der Waals surface area contributed by atoms with Gasteiger partial charge in [-0.25, -0.2) is 4.98 Å². The molecule has 0 aliphatic heterocycles. The first-order chi connectivity index (χ1) is 8.28. The highest BCUT2D eigenvalue weighted by molar-refractivity contribution is 6.29. The zero-order chi connectivity index (χ0) is 12.1. The number of aromatic nitrogens is 3. The molecule has 0 aromatic carbocycles. The summed E-state index contributed by atoms with van der Waals surface area (Å²) in [5, 5.41) is 4.24. The number of ether oxygens (including phenoxy) is 1. The van der Waals surface area contributed by atoms with Crippen LogP contribution in [0.1, 0.15) is 25.1 Å². The van der Waals surface area contributed by atoms with Crippen molar-refractivity contribution >= 4 is 11.6 Å². The van der Waals surface area contributed by atoms with Gasteiger partial charge in [-0.15, -0.1) is 0 Å². The molecule has 6 heteroatoms. The monoisotopic (exact) mass is 253 g/mol. The Hall–Kier alpha value is -1.62. The van der Waals surface area contributed by atoms with Gasteiger partial charge in [-0.1, -0.05) is 23.7 Å². The Kier molecular flexibility index (Phi) is 3.93.